The van der Waals surface area contributed by atoms with Gasteiger partial charge in [0.05, 0.1) is 0 Å². The second-order valence-corrected chi connectivity index (χ2v) is 17.0. The fraction of sp³-hybridized carbons (Fsp3) is 0.353. The van der Waals surface area contributed by atoms with Gasteiger partial charge >= 0.3 is 119 Å². The molecule has 0 unspecified atom stereocenters. The van der Waals surface area contributed by atoms with Crippen molar-refractivity contribution in [3.8, 4) is 11.3 Å². The van der Waals surface area contributed by atoms with Gasteiger partial charge in [0.2, 0.25) is 0 Å². The van der Waals surface area contributed by atoms with Gasteiger partial charge in [0, 0.05) is 0 Å². The molecule has 2 aromatic rings. The van der Waals surface area contributed by atoms with E-state index < -0.39 is 13.3 Å². The molecule has 0 amide bonds. The van der Waals surface area contributed by atoms with Crippen molar-refractivity contribution in [2.45, 2.75) is 38.0 Å². The van der Waals surface area contributed by atoms with E-state index in [0.29, 0.717) is 0 Å². The molecule has 0 aliphatic carbocycles. The van der Waals surface area contributed by atoms with Gasteiger partial charge < -0.3 is 0 Å². The Morgan fingerprint density at radius 2 is 1.53 bits per heavy atom. The Kier molecular flexibility index (Phi) is 3.86. The van der Waals surface area contributed by atoms with E-state index in [1.165, 1.54) is 26.6 Å². The SMILES string of the molecule is Cc1ccc(-c2cc(C)[c]([Ge]([CH3])([CH3])[CH3])cn2)cc1C. The van der Waals surface area contributed by atoms with Crippen molar-refractivity contribution >= 4 is 17.7 Å². The summed E-state index contributed by atoms with van der Waals surface area (Å²) < 4.78 is 1.51. The van der Waals surface area contributed by atoms with Crippen LogP contribution in [0.4, 0.5) is 0 Å². The predicted molar refractivity (Wildman–Crippen MR) is 86.9 cm³/mol. The molecule has 0 aliphatic heterocycles. The summed E-state index contributed by atoms with van der Waals surface area (Å²) in [6.07, 6.45) is 2.11. The van der Waals surface area contributed by atoms with E-state index in [0.717, 1.165) is 5.69 Å². The summed E-state index contributed by atoms with van der Waals surface area (Å²) in [5, 5.41) is 0. The van der Waals surface area contributed by atoms with E-state index >= 15 is 0 Å². The molecule has 2 heteroatoms. The topological polar surface area (TPSA) is 12.9 Å². The van der Waals surface area contributed by atoms with E-state index in [1.807, 2.05) is 0 Å². The van der Waals surface area contributed by atoms with E-state index in [9.17, 15) is 0 Å². The van der Waals surface area contributed by atoms with Crippen molar-refractivity contribution in [3.05, 3.63) is 47.2 Å². The minimum absolute atomic E-state index is 1.09. The van der Waals surface area contributed by atoms with Crippen molar-refractivity contribution in [3.63, 3.8) is 0 Å². The third-order valence-corrected chi connectivity index (χ3v) is 8.21. The molecule has 0 fully saturated rings. The fourth-order valence-corrected chi connectivity index (χ4v) is 5.98. The molecule has 19 heavy (non-hydrogen) atoms. The molecule has 1 heterocycles. The van der Waals surface area contributed by atoms with Gasteiger partial charge in [-0.15, -0.1) is 0 Å². The summed E-state index contributed by atoms with van der Waals surface area (Å²) in [4.78, 5) is 4.69. The molecule has 0 saturated heterocycles. The van der Waals surface area contributed by atoms with Crippen molar-refractivity contribution < 1.29 is 0 Å². The first-order valence-corrected chi connectivity index (χ1v) is 14.2. The molecule has 1 aromatic heterocycles. The molecule has 100 valence electrons. The van der Waals surface area contributed by atoms with Crippen LogP contribution in [0.3, 0.4) is 0 Å². The second-order valence-electron chi connectivity index (χ2n) is 6.43. The molecule has 0 aliphatic rings. The van der Waals surface area contributed by atoms with Gasteiger partial charge in [-0.3, -0.25) is 0 Å². The van der Waals surface area contributed by atoms with Crippen molar-refractivity contribution in [2.24, 2.45) is 0 Å². The number of benzene rings is 1. The molecule has 0 bridgehead atoms. The van der Waals surface area contributed by atoms with Crippen molar-refractivity contribution in [1.82, 2.24) is 4.98 Å². The monoisotopic (exact) mass is 315 g/mol. The summed E-state index contributed by atoms with van der Waals surface area (Å²) in [6, 6.07) is 8.82. The second kappa shape index (κ2) is 5.12. The van der Waals surface area contributed by atoms with E-state index in [2.05, 4.69) is 68.5 Å². The van der Waals surface area contributed by atoms with Crippen LogP contribution in [0.15, 0.2) is 30.5 Å². The van der Waals surface area contributed by atoms with Crippen LogP contribution < -0.4 is 4.40 Å². The zero-order chi connectivity index (χ0) is 14.2. The molecular weight excluding hydrogens is 291 g/mol. The number of aryl methyl sites for hydroxylation is 3. The van der Waals surface area contributed by atoms with Crippen LogP contribution in [-0.2, 0) is 0 Å². The third-order valence-electron chi connectivity index (χ3n) is 3.72. The Bertz CT molecular complexity index is 609. The summed E-state index contributed by atoms with van der Waals surface area (Å²) in [7, 11) is 0. The summed E-state index contributed by atoms with van der Waals surface area (Å²) in [5.41, 5.74) is 6.38. The molecule has 0 radical (unpaired) electrons. The maximum absolute atomic E-state index is 4.69. The summed E-state index contributed by atoms with van der Waals surface area (Å²) in [6.45, 7) is 6.52. The van der Waals surface area contributed by atoms with Crippen LogP contribution in [0.25, 0.3) is 11.3 Å². The zero-order valence-electron chi connectivity index (χ0n) is 12.8. The van der Waals surface area contributed by atoms with Gasteiger partial charge in [-0.25, -0.2) is 0 Å². The quantitative estimate of drug-likeness (QED) is 0.756. The first-order valence-electron chi connectivity index (χ1n) is 6.84. The van der Waals surface area contributed by atoms with E-state index in [4.69, 9.17) is 4.98 Å². The van der Waals surface area contributed by atoms with Gasteiger partial charge in [-0.1, -0.05) is 0 Å². The normalized spacial score (nSPS) is 11.7. The molecular formula is C17H23GeN. The van der Waals surface area contributed by atoms with Gasteiger partial charge in [0.25, 0.3) is 0 Å². The number of aromatic nitrogens is 1. The van der Waals surface area contributed by atoms with Crippen LogP contribution in [0.5, 0.6) is 0 Å². The van der Waals surface area contributed by atoms with Crippen LogP contribution >= 0.6 is 0 Å². The Labute approximate surface area is 119 Å². The van der Waals surface area contributed by atoms with Crippen molar-refractivity contribution in [1.29, 1.82) is 0 Å². The standard InChI is InChI=1S/C17H23GeN/c1-12-7-8-15(9-13(12)2)17-10-14(3)16(11-19-17)18(4,5)6/h7-11H,1-6H3. The fourth-order valence-electron chi connectivity index (χ4n) is 2.40. The molecule has 2 rings (SSSR count). The first-order chi connectivity index (χ1) is 8.79. The molecule has 1 nitrogen and oxygen atoms in total. The number of pyridine rings is 1. The number of rotatable bonds is 2. The Morgan fingerprint density at radius 3 is 2.05 bits per heavy atom. The number of nitrogens with zero attached hydrogens (tertiary/aromatic N) is 1. The average molecular weight is 314 g/mol. The van der Waals surface area contributed by atoms with E-state index in [-0.39, 0.29) is 0 Å². The van der Waals surface area contributed by atoms with Gasteiger partial charge in [0.1, 0.15) is 0 Å². The Hall–Kier alpha value is -1.09. The van der Waals surface area contributed by atoms with Crippen LogP contribution in [0, 0.1) is 20.8 Å². The summed E-state index contributed by atoms with van der Waals surface area (Å²) in [5.74, 6) is 7.25. The van der Waals surface area contributed by atoms with Gasteiger partial charge in [-0.2, -0.15) is 0 Å². The van der Waals surface area contributed by atoms with Crippen LogP contribution in [0.1, 0.15) is 16.7 Å². The minimum atomic E-state index is -1.79. The predicted octanol–water partition coefficient (Wildman–Crippen LogP) is 4.22. The van der Waals surface area contributed by atoms with Crippen molar-refractivity contribution in [2.75, 3.05) is 0 Å². The van der Waals surface area contributed by atoms with E-state index in [1.54, 1.807) is 0 Å². The number of hydrogen-bond acceptors (Lipinski definition) is 1. The molecule has 1 aromatic carbocycles. The molecule has 0 N–H and O–H groups in total. The average Bonchev–Trinajstić information content (AvgIpc) is 2.31. The van der Waals surface area contributed by atoms with Gasteiger partial charge in [0.15, 0.2) is 0 Å². The zero-order valence-corrected chi connectivity index (χ0v) is 14.9. The summed E-state index contributed by atoms with van der Waals surface area (Å²) >= 11 is -1.79. The van der Waals surface area contributed by atoms with Crippen LogP contribution in [-0.4, -0.2) is 18.3 Å². The Balaban J connectivity index is 2.47. The molecule has 0 spiro atoms. The van der Waals surface area contributed by atoms with Crippen LogP contribution in [0.2, 0.25) is 17.3 Å². The molecule has 0 atom stereocenters. The molecule has 0 saturated carbocycles. The van der Waals surface area contributed by atoms with Gasteiger partial charge in [-0.05, 0) is 0 Å². The maximum atomic E-state index is 4.69. The Morgan fingerprint density at radius 1 is 0.842 bits per heavy atom. The third kappa shape index (κ3) is 3.09. The number of hydrogen-bond donors (Lipinski definition) is 0. The first kappa shape index (κ1) is 14.3.